The van der Waals surface area contributed by atoms with Crippen LogP contribution in [0, 0.1) is 6.92 Å². The van der Waals surface area contributed by atoms with Crippen LogP contribution in [0.25, 0.3) is 11.1 Å². The fourth-order valence-electron chi connectivity index (χ4n) is 2.50. The third kappa shape index (κ3) is 3.03. The van der Waals surface area contributed by atoms with Gasteiger partial charge in [-0.2, -0.15) is 0 Å². The van der Waals surface area contributed by atoms with Gasteiger partial charge in [0.05, 0.1) is 0 Å². The van der Waals surface area contributed by atoms with Crippen molar-refractivity contribution in [3.8, 4) is 0 Å². The second-order valence-corrected chi connectivity index (χ2v) is 6.20. The van der Waals surface area contributed by atoms with Crippen molar-refractivity contribution >= 4 is 22.9 Å². The summed E-state index contributed by atoms with van der Waals surface area (Å²) in [5.41, 5.74) is 6.50. The van der Waals surface area contributed by atoms with E-state index in [-0.39, 0.29) is 0 Å². The molecule has 0 amide bonds. The minimum Gasteiger partial charge on any atom is -0.121 e. The first-order chi connectivity index (χ1) is 10.3. The van der Waals surface area contributed by atoms with Crippen LogP contribution in [0.3, 0.4) is 0 Å². The zero-order valence-electron chi connectivity index (χ0n) is 12.2. The molecule has 2 aromatic rings. The molecular formula is C20H18S. The van der Waals surface area contributed by atoms with Gasteiger partial charge in [0.2, 0.25) is 0 Å². The summed E-state index contributed by atoms with van der Waals surface area (Å²) in [6.45, 7) is 5.97. The molecule has 0 saturated heterocycles. The fraction of sp³-hybridized carbons (Fsp3) is 0.100. The van der Waals surface area contributed by atoms with Gasteiger partial charge in [0.1, 0.15) is 0 Å². The lowest BCUT2D eigenvalue weighted by Crippen LogP contribution is -1.86. The molecule has 1 aliphatic rings. The number of allylic oxidation sites excluding steroid dienone is 4. The Morgan fingerprint density at radius 2 is 1.86 bits per heavy atom. The van der Waals surface area contributed by atoms with Crippen LogP contribution < -0.4 is 0 Å². The minimum absolute atomic E-state index is 1.04. The fourth-order valence-corrected chi connectivity index (χ4v) is 3.58. The van der Waals surface area contributed by atoms with E-state index in [0.29, 0.717) is 0 Å². The van der Waals surface area contributed by atoms with E-state index in [1.54, 1.807) is 0 Å². The summed E-state index contributed by atoms with van der Waals surface area (Å²) in [5.74, 6) is 1.04. The number of hydrogen-bond acceptors (Lipinski definition) is 1. The highest BCUT2D eigenvalue weighted by atomic mass is 32.2. The maximum absolute atomic E-state index is 3.85. The van der Waals surface area contributed by atoms with E-state index in [1.807, 2.05) is 17.8 Å². The topological polar surface area (TPSA) is 0 Å². The zero-order chi connectivity index (χ0) is 14.7. The Labute approximate surface area is 130 Å². The van der Waals surface area contributed by atoms with Crippen LogP contribution in [0.4, 0.5) is 0 Å². The molecule has 0 fully saturated rings. The molecule has 0 N–H and O–H groups in total. The predicted molar refractivity (Wildman–Crippen MR) is 94.5 cm³/mol. The summed E-state index contributed by atoms with van der Waals surface area (Å²) in [6, 6.07) is 17.3. The summed E-state index contributed by atoms with van der Waals surface area (Å²) in [4.78, 5) is 1.38. The molecule has 0 aliphatic carbocycles. The first kappa shape index (κ1) is 14.0. The third-order valence-corrected chi connectivity index (χ3v) is 4.75. The summed E-state index contributed by atoms with van der Waals surface area (Å²) in [5, 5.41) is 0. The molecule has 21 heavy (non-hydrogen) atoms. The van der Waals surface area contributed by atoms with E-state index in [1.165, 1.54) is 32.7 Å². The van der Waals surface area contributed by atoms with Crippen LogP contribution >= 0.6 is 11.8 Å². The van der Waals surface area contributed by atoms with Crippen LogP contribution in [0.2, 0.25) is 0 Å². The molecule has 0 radical (unpaired) electrons. The van der Waals surface area contributed by atoms with Gasteiger partial charge in [0.25, 0.3) is 0 Å². The van der Waals surface area contributed by atoms with E-state index in [9.17, 15) is 0 Å². The molecule has 0 spiro atoms. The number of fused-ring (bicyclic) bond motifs is 1. The van der Waals surface area contributed by atoms with E-state index in [2.05, 4.69) is 74.2 Å². The molecule has 2 aromatic carbocycles. The maximum atomic E-state index is 3.85. The summed E-state index contributed by atoms with van der Waals surface area (Å²) < 4.78 is 0. The molecule has 0 saturated carbocycles. The Balaban J connectivity index is 2.01. The predicted octanol–water partition coefficient (Wildman–Crippen LogP) is 5.75. The Morgan fingerprint density at radius 1 is 1.10 bits per heavy atom. The van der Waals surface area contributed by atoms with Crippen molar-refractivity contribution in [2.45, 2.75) is 11.8 Å². The number of benzene rings is 2. The lowest BCUT2D eigenvalue weighted by atomic mass is 9.99. The number of hydrogen-bond donors (Lipinski definition) is 0. The second kappa shape index (κ2) is 6.19. The van der Waals surface area contributed by atoms with Crippen LogP contribution in [-0.4, -0.2) is 5.75 Å². The number of rotatable bonds is 3. The number of thioether (sulfide) groups is 1. The van der Waals surface area contributed by atoms with E-state index < -0.39 is 0 Å². The molecule has 0 aromatic heterocycles. The Bertz CT molecular complexity index is 718. The largest absolute Gasteiger partial charge is 0.121 e. The molecule has 3 rings (SSSR count). The van der Waals surface area contributed by atoms with Crippen molar-refractivity contribution in [2.24, 2.45) is 0 Å². The van der Waals surface area contributed by atoms with Gasteiger partial charge in [-0.3, -0.25) is 0 Å². The van der Waals surface area contributed by atoms with Crippen LogP contribution in [0.15, 0.2) is 78.2 Å². The molecule has 0 bridgehead atoms. The summed E-state index contributed by atoms with van der Waals surface area (Å²) >= 11 is 1.91. The quantitative estimate of drug-likeness (QED) is 0.648. The Hall–Kier alpha value is -1.99. The van der Waals surface area contributed by atoms with Crippen molar-refractivity contribution < 1.29 is 0 Å². The summed E-state index contributed by atoms with van der Waals surface area (Å²) in [7, 11) is 0. The van der Waals surface area contributed by atoms with Gasteiger partial charge in [-0.25, -0.2) is 0 Å². The van der Waals surface area contributed by atoms with Crippen LogP contribution in [0.1, 0.15) is 16.7 Å². The second-order valence-electron chi connectivity index (χ2n) is 5.18. The molecular weight excluding hydrogens is 272 g/mol. The SMILES string of the molecule is C=C/C=C(\C=C1/CSc2ccccc21)c1ccc(C)cc1. The highest BCUT2D eigenvalue weighted by molar-refractivity contribution is 8.00. The van der Waals surface area contributed by atoms with Crippen molar-refractivity contribution in [3.63, 3.8) is 0 Å². The average Bonchev–Trinajstić information content (AvgIpc) is 2.91. The Kier molecular flexibility index (Phi) is 4.12. The summed E-state index contributed by atoms with van der Waals surface area (Å²) in [6.07, 6.45) is 6.24. The molecule has 0 nitrogen and oxygen atoms in total. The zero-order valence-corrected chi connectivity index (χ0v) is 13.0. The van der Waals surface area contributed by atoms with Gasteiger partial charge in [0, 0.05) is 10.6 Å². The minimum atomic E-state index is 1.04. The van der Waals surface area contributed by atoms with Gasteiger partial charge < -0.3 is 0 Å². The van der Waals surface area contributed by atoms with Gasteiger partial charge in [-0.05, 0) is 41.3 Å². The first-order valence-electron chi connectivity index (χ1n) is 7.10. The highest BCUT2D eigenvalue weighted by Crippen LogP contribution is 2.39. The highest BCUT2D eigenvalue weighted by Gasteiger charge is 2.16. The average molecular weight is 290 g/mol. The first-order valence-corrected chi connectivity index (χ1v) is 8.09. The van der Waals surface area contributed by atoms with Crippen LogP contribution in [0.5, 0.6) is 0 Å². The molecule has 0 atom stereocenters. The van der Waals surface area contributed by atoms with Gasteiger partial charge in [-0.1, -0.05) is 66.8 Å². The van der Waals surface area contributed by atoms with Gasteiger partial charge >= 0.3 is 0 Å². The molecule has 1 heteroatoms. The molecule has 0 unspecified atom stereocenters. The van der Waals surface area contributed by atoms with Crippen molar-refractivity contribution in [1.82, 2.24) is 0 Å². The third-order valence-electron chi connectivity index (χ3n) is 3.63. The van der Waals surface area contributed by atoms with Gasteiger partial charge in [-0.15, -0.1) is 11.8 Å². The van der Waals surface area contributed by atoms with E-state index >= 15 is 0 Å². The lowest BCUT2D eigenvalue weighted by Gasteiger charge is -2.06. The van der Waals surface area contributed by atoms with Crippen LogP contribution in [-0.2, 0) is 0 Å². The number of aryl methyl sites for hydroxylation is 1. The van der Waals surface area contributed by atoms with Gasteiger partial charge in [0.15, 0.2) is 0 Å². The molecule has 104 valence electrons. The Morgan fingerprint density at radius 3 is 2.62 bits per heavy atom. The normalized spacial score (nSPS) is 16.0. The van der Waals surface area contributed by atoms with Crippen molar-refractivity contribution in [1.29, 1.82) is 0 Å². The lowest BCUT2D eigenvalue weighted by molar-refractivity contribution is 1.43. The molecule has 1 heterocycles. The van der Waals surface area contributed by atoms with E-state index in [0.717, 1.165) is 5.75 Å². The van der Waals surface area contributed by atoms with Crippen molar-refractivity contribution in [2.75, 3.05) is 5.75 Å². The standard InChI is InChI=1S/C20H18S/c1-3-6-17(16-11-9-15(2)10-12-16)13-18-14-21-20-8-5-4-7-19(18)20/h3-13H,1,14H2,2H3/b17-6+,18-13+. The van der Waals surface area contributed by atoms with E-state index in [4.69, 9.17) is 0 Å². The monoisotopic (exact) mass is 290 g/mol. The smallest absolute Gasteiger partial charge is 0.0238 e. The van der Waals surface area contributed by atoms with Crippen molar-refractivity contribution in [3.05, 3.63) is 90.0 Å². The maximum Gasteiger partial charge on any atom is 0.0238 e. The molecule has 1 aliphatic heterocycles.